The maximum Gasteiger partial charge on any atom is 0.119 e. The molecular formula is C13H11Br2NO. The van der Waals surface area contributed by atoms with Gasteiger partial charge in [0, 0.05) is 25.8 Å². The van der Waals surface area contributed by atoms with Crippen molar-refractivity contribution in [2.45, 2.75) is 0 Å². The van der Waals surface area contributed by atoms with Crippen LogP contribution in [0.5, 0.6) is 5.75 Å². The first kappa shape index (κ1) is 12.5. The summed E-state index contributed by atoms with van der Waals surface area (Å²) in [5, 5.41) is 0. The molecule has 0 saturated heterocycles. The number of methoxy groups -OCH3 is 1. The van der Waals surface area contributed by atoms with E-state index in [4.69, 9.17) is 10.5 Å². The molecule has 2 nitrogen and oxygen atoms in total. The smallest absolute Gasteiger partial charge is 0.119 e. The third kappa shape index (κ3) is 2.48. The van der Waals surface area contributed by atoms with E-state index in [2.05, 4.69) is 31.9 Å². The van der Waals surface area contributed by atoms with Gasteiger partial charge in [0.05, 0.1) is 7.11 Å². The minimum absolute atomic E-state index is 0.730. The van der Waals surface area contributed by atoms with Crippen LogP contribution in [-0.4, -0.2) is 7.11 Å². The standard InChI is InChI=1S/C13H11Br2NO/c1-17-8-5-6-10(14)9(7-8)13-11(15)3-2-4-12(13)16/h2-7H,16H2,1H3. The second-order valence-corrected chi connectivity index (χ2v) is 5.26. The maximum atomic E-state index is 6.02. The summed E-state index contributed by atoms with van der Waals surface area (Å²) in [5.41, 5.74) is 8.73. The highest BCUT2D eigenvalue weighted by Crippen LogP contribution is 2.39. The Bertz CT molecular complexity index is 535. The van der Waals surface area contributed by atoms with Gasteiger partial charge in [0.2, 0.25) is 0 Å². The molecule has 2 N–H and O–H groups in total. The molecule has 2 aromatic rings. The molecule has 0 atom stereocenters. The first-order valence-corrected chi connectivity index (χ1v) is 6.60. The van der Waals surface area contributed by atoms with Gasteiger partial charge in [0.25, 0.3) is 0 Å². The van der Waals surface area contributed by atoms with Gasteiger partial charge in [0.15, 0.2) is 0 Å². The van der Waals surface area contributed by atoms with Gasteiger partial charge >= 0.3 is 0 Å². The van der Waals surface area contributed by atoms with Crippen LogP contribution in [0.4, 0.5) is 5.69 Å². The van der Waals surface area contributed by atoms with E-state index in [1.807, 2.05) is 36.4 Å². The molecule has 0 amide bonds. The summed E-state index contributed by atoms with van der Waals surface area (Å²) >= 11 is 7.06. The molecule has 88 valence electrons. The summed E-state index contributed by atoms with van der Waals surface area (Å²) < 4.78 is 7.18. The van der Waals surface area contributed by atoms with Gasteiger partial charge in [-0.05, 0) is 30.3 Å². The first-order valence-electron chi connectivity index (χ1n) is 5.01. The maximum absolute atomic E-state index is 6.02. The summed E-state index contributed by atoms with van der Waals surface area (Å²) in [6.07, 6.45) is 0. The molecule has 4 heteroatoms. The lowest BCUT2D eigenvalue weighted by molar-refractivity contribution is 0.415. The Labute approximate surface area is 117 Å². The van der Waals surface area contributed by atoms with Gasteiger partial charge in [-0.2, -0.15) is 0 Å². The summed E-state index contributed by atoms with van der Waals surface area (Å²) in [5.74, 6) is 0.804. The normalized spacial score (nSPS) is 10.3. The van der Waals surface area contributed by atoms with E-state index in [1.54, 1.807) is 7.11 Å². The molecule has 0 bridgehead atoms. The van der Waals surface area contributed by atoms with Crippen LogP contribution in [0.2, 0.25) is 0 Å². The number of nitrogens with two attached hydrogens (primary N) is 1. The summed E-state index contributed by atoms with van der Waals surface area (Å²) in [7, 11) is 1.65. The zero-order valence-electron chi connectivity index (χ0n) is 9.21. The SMILES string of the molecule is COc1ccc(Br)c(-c2c(N)cccc2Br)c1. The van der Waals surface area contributed by atoms with Gasteiger partial charge < -0.3 is 10.5 Å². The summed E-state index contributed by atoms with van der Waals surface area (Å²) in [6, 6.07) is 11.6. The fraction of sp³-hybridized carbons (Fsp3) is 0.0769. The minimum atomic E-state index is 0.730. The highest BCUT2D eigenvalue weighted by molar-refractivity contribution is 9.11. The zero-order valence-corrected chi connectivity index (χ0v) is 12.4. The zero-order chi connectivity index (χ0) is 12.4. The number of hydrogen-bond donors (Lipinski definition) is 1. The third-order valence-electron chi connectivity index (χ3n) is 2.49. The minimum Gasteiger partial charge on any atom is -0.497 e. The molecule has 2 aromatic carbocycles. The first-order chi connectivity index (χ1) is 8.13. The Balaban J connectivity index is 2.67. The van der Waals surface area contributed by atoms with Crippen LogP contribution in [0.15, 0.2) is 45.3 Å². The van der Waals surface area contributed by atoms with Crippen LogP contribution in [-0.2, 0) is 0 Å². The Morgan fingerprint density at radius 2 is 1.82 bits per heavy atom. The number of benzene rings is 2. The van der Waals surface area contributed by atoms with Gasteiger partial charge in [0.1, 0.15) is 5.75 Å². The van der Waals surface area contributed by atoms with E-state index in [0.717, 1.165) is 31.5 Å². The molecule has 0 unspecified atom stereocenters. The monoisotopic (exact) mass is 355 g/mol. The van der Waals surface area contributed by atoms with Crippen LogP contribution in [0.25, 0.3) is 11.1 Å². The van der Waals surface area contributed by atoms with Crippen molar-refractivity contribution in [2.24, 2.45) is 0 Å². The molecule has 0 saturated carbocycles. The van der Waals surface area contributed by atoms with E-state index in [-0.39, 0.29) is 0 Å². The lowest BCUT2D eigenvalue weighted by Gasteiger charge is -2.11. The number of hydrogen-bond acceptors (Lipinski definition) is 2. The predicted molar refractivity (Wildman–Crippen MR) is 78.2 cm³/mol. The van der Waals surface area contributed by atoms with Crippen LogP contribution in [0, 0.1) is 0 Å². The van der Waals surface area contributed by atoms with Crippen molar-refractivity contribution in [2.75, 3.05) is 12.8 Å². The molecule has 0 fully saturated rings. The van der Waals surface area contributed by atoms with E-state index >= 15 is 0 Å². The average molecular weight is 357 g/mol. The summed E-state index contributed by atoms with van der Waals surface area (Å²) in [4.78, 5) is 0. The van der Waals surface area contributed by atoms with Gasteiger partial charge in [-0.25, -0.2) is 0 Å². The third-order valence-corrected chi connectivity index (χ3v) is 3.84. The molecule has 0 spiro atoms. The average Bonchev–Trinajstić information content (AvgIpc) is 2.31. The Hall–Kier alpha value is -1.00. The van der Waals surface area contributed by atoms with E-state index in [1.165, 1.54) is 0 Å². The number of anilines is 1. The molecule has 0 heterocycles. The largest absolute Gasteiger partial charge is 0.497 e. The quantitative estimate of drug-likeness (QED) is 0.805. The molecule has 0 aromatic heterocycles. The molecule has 0 aliphatic heterocycles. The fourth-order valence-corrected chi connectivity index (χ4v) is 2.69. The van der Waals surface area contributed by atoms with Crippen LogP contribution in [0.1, 0.15) is 0 Å². The number of ether oxygens (including phenoxy) is 1. The molecular weight excluding hydrogens is 346 g/mol. The topological polar surface area (TPSA) is 35.2 Å². The van der Waals surface area contributed by atoms with Crippen LogP contribution in [0.3, 0.4) is 0 Å². The Morgan fingerprint density at radius 3 is 2.47 bits per heavy atom. The summed E-state index contributed by atoms with van der Waals surface area (Å²) in [6.45, 7) is 0. The van der Waals surface area contributed by atoms with Crippen molar-refractivity contribution in [3.63, 3.8) is 0 Å². The van der Waals surface area contributed by atoms with E-state index in [9.17, 15) is 0 Å². The molecule has 17 heavy (non-hydrogen) atoms. The van der Waals surface area contributed by atoms with Crippen molar-refractivity contribution in [3.05, 3.63) is 45.3 Å². The lowest BCUT2D eigenvalue weighted by Crippen LogP contribution is -1.92. The molecule has 0 aliphatic carbocycles. The van der Waals surface area contributed by atoms with Crippen molar-refractivity contribution in [1.29, 1.82) is 0 Å². The van der Waals surface area contributed by atoms with E-state index < -0.39 is 0 Å². The van der Waals surface area contributed by atoms with Crippen molar-refractivity contribution < 1.29 is 4.74 Å². The highest BCUT2D eigenvalue weighted by Gasteiger charge is 2.11. The molecule has 0 radical (unpaired) electrons. The molecule has 2 rings (SSSR count). The highest BCUT2D eigenvalue weighted by atomic mass is 79.9. The second kappa shape index (κ2) is 5.10. The Morgan fingerprint density at radius 1 is 1.06 bits per heavy atom. The lowest BCUT2D eigenvalue weighted by atomic mass is 10.0. The predicted octanol–water partition coefficient (Wildman–Crippen LogP) is 4.47. The second-order valence-electron chi connectivity index (χ2n) is 3.55. The fourth-order valence-electron chi connectivity index (χ4n) is 1.65. The number of nitrogen functional groups attached to an aromatic ring is 1. The van der Waals surface area contributed by atoms with Crippen molar-refractivity contribution in [3.8, 4) is 16.9 Å². The van der Waals surface area contributed by atoms with Gasteiger partial charge in [-0.1, -0.05) is 37.9 Å². The number of halogens is 2. The molecule has 0 aliphatic rings. The van der Waals surface area contributed by atoms with Crippen molar-refractivity contribution >= 4 is 37.5 Å². The van der Waals surface area contributed by atoms with Crippen LogP contribution < -0.4 is 10.5 Å². The van der Waals surface area contributed by atoms with E-state index in [0.29, 0.717) is 0 Å². The van der Waals surface area contributed by atoms with Crippen molar-refractivity contribution in [1.82, 2.24) is 0 Å². The number of rotatable bonds is 2. The van der Waals surface area contributed by atoms with Crippen LogP contribution >= 0.6 is 31.9 Å². The van der Waals surface area contributed by atoms with Gasteiger partial charge in [-0.3, -0.25) is 0 Å². The van der Waals surface area contributed by atoms with Gasteiger partial charge in [-0.15, -0.1) is 0 Å². The Kier molecular flexibility index (Phi) is 3.74.